The Hall–Kier alpha value is -1.03. The maximum atomic E-state index is 13.0. The van der Waals surface area contributed by atoms with E-state index in [2.05, 4.69) is 36.5 Å². The first-order valence-corrected chi connectivity index (χ1v) is 7.78. The van der Waals surface area contributed by atoms with Crippen LogP contribution in [0.15, 0.2) is 24.3 Å². The average molecular weight is 299 g/mol. The zero-order valence-corrected chi connectivity index (χ0v) is 12.7. The van der Waals surface area contributed by atoms with Crippen molar-refractivity contribution < 1.29 is 13.2 Å². The molecule has 0 heterocycles. The number of hydrogen-bond acceptors (Lipinski definition) is 1. The minimum atomic E-state index is -4.05. The number of alkyl halides is 3. The lowest BCUT2D eigenvalue weighted by atomic mass is 9.75. The van der Waals surface area contributed by atoms with E-state index in [1.165, 1.54) is 5.56 Å². The Labute approximate surface area is 124 Å². The fourth-order valence-electron chi connectivity index (χ4n) is 3.46. The van der Waals surface area contributed by atoms with Crippen molar-refractivity contribution in [2.75, 3.05) is 7.05 Å². The van der Waals surface area contributed by atoms with Crippen LogP contribution in [-0.2, 0) is 6.42 Å². The summed E-state index contributed by atoms with van der Waals surface area (Å²) in [4.78, 5) is 0. The third-order valence-corrected chi connectivity index (χ3v) is 4.71. The molecule has 0 radical (unpaired) electrons. The highest BCUT2D eigenvalue weighted by atomic mass is 19.4. The predicted molar refractivity (Wildman–Crippen MR) is 79.1 cm³/mol. The number of rotatable bonds is 4. The van der Waals surface area contributed by atoms with E-state index >= 15 is 0 Å². The van der Waals surface area contributed by atoms with E-state index < -0.39 is 12.1 Å². The second kappa shape index (κ2) is 6.82. The first-order chi connectivity index (χ1) is 9.95. The molecule has 1 fully saturated rings. The van der Waals surface area contributed by atoms with Gasteiger partial charge in [0.1, 0.15) is 0 Å². The Balaban J connectivity index is 2.12. The molecule has 2 rings (SSSR count). The molecule has 1 N–H and O–H groups in total. The van der Waals surface area contributed by atoms with Crippen LogP contribution in [0.5, 0.6) is 0 Å². The van der Waals surface area contributed by atoms with Gasteiger partial charge in [-0.15, -0.1) is 0 Å². The van der Waals surface area contributed by atoms with Crippen LogP contribution in [0.4, 0.5) is 13.2 Å². The Morgan fingerprint density at radius 3 is 2.38 bits per heavy atom. The number of aryl methyl sites for hydroxylation is 1. The van der Waals surface area contributed by atoms with Crippen LogP contribution in [0.25, 0.3) is 0 Å². The summed E-state index contributed by atoms with van der Waals surface area (Å²) >= 11 is 0. The molecule has 0 amide bonds. The molecule has 0 bridgehead atoms. The van der Waals surface area contributed by atoms with Crippen molar-refractivity contribution in [2.24, 2.45) is 11.8 Å². The molecular weight excluding hydrogens is 275 g/mol. The highest BCUT2D eigenvalue weighted by Crippen LogP contribution is 2.43. The summed E-state index contributed by atoms with van der Waals surface area (Å²) in [5.41, 5.74) is 2.35. The SMILES string of the molecule is CCc1ccc(C(NC)C2CCCC(C(F)(F)F)C2)cc1. The molecule has 4 heteroatoms. The molecule has 1 aromatic rings. The Bertz CT molecular complexity index is 438. The number of nitrogens with one attached hydrogen (secondary N) is 1. The summed E-state index contributed by atoms with van der Waals surface area (Å²) < 4.78 is 38.9. The molecule has 1 aliphatic rings. The van der Waals surface area contributed by atoms with Gasteiger partial charge in [-0.1, -0.05) is 37.6 Å². The van der Waals surface area contributed by atoms with Crippen LogP contribution in [0.1, 0.15) is 49.8 Å². The van der Waals surface area contributed by atoms with E-state index in [4.69, 9.17) is 0 Å². The van der Waals surface area contributed by atoms with Gasteiger partial charge in [0, 0.05) is 6.04 Å². The normalized spacial score (nSPS) is 24.8. The molecule has 0 aromatic heterocycles. The summed E-state index contributed by atoms with van der Waals surface area (Å²) in [6.07, 6.45) is -1.02. The number of benzene rings is 1. The minimum Gasteiger partial charge on any atom is -0.313 e. The van der Waals surface area contributed by atoms with Crippen molar-refractivity contribution in [3.05, 3.63) is 35.4 Å². The van der Waals surface area contributed by atoms with Crippen molar-refractivity contribution in [2.45, 2.75) is 51.2 Å². The van der Waals surface area contributed by atoms with Crippen LogP contribution in [0.2, 0.25) is 0 Å². The van der Waals surface area contributed by atoms with Crippen molar-refractivity contribution in [1.82, 2.24) is 5.32 Å². The van der Waals surface area contributed by atoms with Gasteiger partial charge in [-0.25, -0.2) is 0 Å². The largest absolute Gasteiger partial charge is 0.391 e. The van der Waals surface area contributed by atoms with Gasteiger partial charge in [-0.3, -0.25) is 0 Å². The number of halogens is 3. The van der Waals surface area contributed by atoms with Crippen molar-refractivity contribution in [3.8, 4) is 0 Å². The molecule has 1 aliphatic carbocycles. The summed E-state index contributed by atoms with van der Waals surface area (Å²) in [6, 6.07) is 8.27. The quantitative estimate of drug-likeness (QED) is 0.835. The molecule has 3 atom stereocenters. The predicted octanol–water partition coefficient (Wildman–Crippen LogP) is 4.88. The van der Waals surface area contributed by atoms with Gasteiger partial charge in [-0.2, -0.15) is 13.2 Å². The maximum absolute atomic E-state index is 13.0. The highest BCUT2D eigenvalue weighted by Gasteiger charge is 2.43. The second-order valence-electron chi connectivity index (χ2n) is 6.03. The molecule has 0 spiro atoms. The van der Waals surface area contributed by atoms with E-state index in [1.807, 2.05) is 7.05 Å². The van der Waals surface area contributed by atoms with Gasteiger partial charge in [0.2, 0.25) is 0 Å². The number of hydrogen-bond donors (Lipinski definition) is 1. The first kappa shape index (κ1) is 16.3. The van der Waals surface area contributed by atoms with Crippen molar-refractivity contribution >= 4 is 0 Å². The topological polar surface area (TPSA) is 12.0 Å². The zero-order chi connectivity index (χ0) is 15.5. The van der Waals surface area contributed by atoms with Gasteiger partial charge < -0.3 is 5.32 Å². The van der Waals surface area contributed by atoms with E-state index in [1.54, 1.807) is 0 Å². The molecule has 3 unspecified atom stereocenters. The monoisotopic (exact) mass is 299 g/mol. The van der Waals surface area contributed by atoms with E-state index in [-0.39, 0.29) is 24.8 Å². The Morgan fingerprint density at radius 1 is 1.19 bits per heavy atom. The van der Waals surface area contributed by atoms with Crippen LogP contribution in [0, 0.1) is 11.8 Å². The van der Waals surface area contributed by atoms with Crippen molar-refractivity contribution in [1.29, 1.82) is 0 Å². The first-order valence-electron chi connectivity index (χ1n) is 7.78. The van der Waals surface area contributed by atoms with E-state index in [0.29, 0.717) is 6.42 Å². The Kier molecular flexibility index (Phi) is 5.31. The summed E-state index contributed by atoms with van der Waals surface area (Å²) in [6.45, 7) is 2.10. The summed E-state index contributed by atoms with van der Waals surface area (Å²) in [7, 11) is 1.84. The van der Waals surface area contributed by atoms with Gasteiger partial charge in [-0.05, 0) is 49.8 Å². The minimum absolute atomic E-state index is 0.0149. The lowest BCUT2D eigenvalue weighted by Crippen LogP contribution is -2.34. The van der Waals surface area contributed by atoms with E-state index in [0.717, 1.165) is 18.4 Å². The molecule has 0 saturated heterocycles. The third kappa shape index (κ3) is 4.00. The van der Waals surface area contributed by atoms with Gasteiger partial charge >= 0.3 is 6.18 Å². The summed E-state index contributed by atoms with van der Waals surface area (Å²) in [5.74, 6) is -1.08. The summed E-state index contributed by atoms with van der Waals surface area (Å²) in [5, 5.41) is 3.23. The average Bonchev–Trinajstić information content (AvgIpc) is 2.48. The molecular formula is C17H24F3N. The molecule has 1 nitrogen and oxygen atoms in total. The Morgan fingerprint density at radius 2 is 1.86 bits per heavy atom. The molecule has 1 aromatic carbocycles. The molecule has 118 valence electrons. The van der Waals surface area contributed by atoms with Gasteiger partial charge in [0.05, 0.1) is 5.92 Å². The standard InChI is InChI=1S/C17H24F3N/c1-3-12-7-9-13(10-8-12)16(21-2)14-5-4-6-15(11-14)17(18,19)20/h7-10,14-16,21H,3-6,11H2,1-2H3. The highest BCUT2D eigenvalue weighted by molar-refractivity contribution is 5.25. The fraction of sp³-hybridized carbons (Fsp3) is 0.647. The maximum Gasteiger partial charge on any atom is 0.391 e. The fourth-order valence-corrected chi connectivity index (χ4v) is 3.46. The van der Waals surface area contributed by atoms with Crippen molar-refractivity contribution in [3.63, 3.8) is 0 Å². The molecule has 21 heavy (non-hydrogen) atoms. The van der Waals surface area contributed by atoms with Crippen LogP contribution < -0.4 is 5.32 Å². The van der Waals surface area contributed by atoms with E-state index in [9.17, 15) is 13.2 Å². The second-order valence-corrected chi connectivity index (χ2v) is 6.03. The van der Waals surface area contributed by atoms with Crippen LogP contribution in [-0.4, -0.2) is 13.2 Å². The molecule has 1 saturated carbocycles. The lowest BCUT2D eigenvalue weighted by molar-refractivity contribution is -0.186. The van der Waals surface area contributed by atoms with Gasteiger partial charge in [0.25, 0.3) is 0 Å². The van der Waals surface area contributed by atoms with Crippen LogP contribution >= 0.6 is 0 Å². The smallest absolute Gasteiger partial charge is 0.313 e. The van der Waals surface area contributed by atoms with Gasteiger partial charge in [0.15, 0.2) is 0 Å². The zero-order valence-electron chi connectivity index (χ0n) is 12.7. The third-order valence-electron chi connectivity index (χ3n) is 4.71. The molecule has 0 aliphatic heterocycles. The lowest BCUT2D eigenvalue weighted by Gasteiger charge is -2.35. The van der Waals surface area contributed by atoms with Crippen LogP contribution in [0.3, 0.4) is 0 Å².